The molecule has 0 saturated heterocycles. The van der Waals surface area contributed by atoms with Gasteiger partial charge in [0.2, 0.25) is 5.91 Å². The van der Waals surface area contributed by atoms with Gasteiger partial charge in [-0.05, 0) is 23.6 Å². The van der Waals surface area contributed by atoms with E-state index in [2.05, 4.69) is 15.5 Å². The van der Waals surface area contributed by atoms with Crippen LogP contribution in [0.15, 0.2) is 50.4 Å². The summed E-state index contributed by atoms with van der Waals surface area (Å²) in [6, 6.07) is 9.23. The van der Waals surface area contributed by atoms with Crippen molar-refractivity contribution < 1.29 is 9.32 Å². The molecule has 3 aromatic heterocycles. The smallest absolute Gasteiger partial charge is 0.329 e. The summed E-state index contributed by atoms with van der Waals surface area (Å²) in [6.07, 6.45) is 0. The highest BCUT2D eigenvalue weighted by Gasteiger charge is 2.14. The van der Waals surface area contributed by atoms with Crippen molar-refractivity contribution in [2.24, 2.45) is 7.05 Å². The number of hydrogen-bond donors (Lipinski definition) is 1. The molecule has 1 N–H and O–H groups in total. The molecule has 0 radical (unpaired) electrons. The summed E-state index contributed by atoms with van der Waals surface area (Å²) in [5, 5.41) is 10.4. The zero-order valence-corrected chi connectivity index (χ0v) is 14.7. The normalized spacial score (nSPS) is 11.1. The molecule has 132 valence electrons. The number of imidazole rings is 1. The fourth-order valence-electron chi connectivity index (χ4n) is 2.72. The van der Waals surface area contributed by atoms with E-state index in [-0.39, 0.29) is 24.7 Å². The topological polar surface area (TPSA) is 95.0 Å². The van der Waals surface area contributed by atoms with Crippen LogP contribution in [-0.4, -0.2) is 25.2 Å². The second-order valence-electron chi connectivity index (χ2n) is 5.72. The largest absolute Gasteiger partial charge is 0.347 e. The van der Waals surface area contributed by atoms with E-state index in [0.717, 1.165) is 16.6 Å². The highest BCUT2D eigenvalue weighted by molar-refractivity contribution is 7.08. The predicted molar refractivity (Wildman–Crippen MR) is 96.6 cm³/mol. The Morgan fingerprint density at radius 2 is 2.08 bits per heavy atom. The summed E-state index contributed by atoms with van der Waals surface area (Å²) in [5.41, 5.74) is 2.11. The summed E-state index contributed by atoms with van der Waals surface area (Å²) in [6.45, 7) is 0.0570. The van der Waals surface area contributed by atoms with E-state index < -0.39 is 0 Å². The van der Waals surface area contributed by atoms with E-state index in [0.29, 0.717) is 11.7 Å². The number of fused-ring (bicyclic) bond motifs is 1. The van der Waals surface area contributed by atoms with Gasteiger partial charge in [-0.15, -0.1) is 0 Å². The van der Waals surface area contributed by atoms with Gasteiger partial charge in [-0.3, -0.25) is 13.9 Å². The predicted octanol–water partition coefficient (Wildman–Crippen LogP) is 1.77. The van der Waals surface area contributed by atoms with Crippen molar-refractivity contribution in [3.63, 3.8) is 0 Å². The second-order valence-corrected chi connectivity index (χ2v) is 6.50. The van der Waals surface area contributed by atoms with Crippen LogP contribution in [0.3, 0.4) is 0 Å². The first-order valence-corrected chi connectivity index (χ1v) is 8.84. The number of nitrogens with zero attached hydrogens (tertiary/aromatic N) is 4. The van der Waals surface area contributed by atoms with Crippen molar-refractivity contribution in [3.05, 3.63) is 57.4 Å². The van der Waals surface area contributed by atoms with Gasteiger partial charge in [-0.1, -0.05) is 17.3 Å². The number of hydrogen-bond acceptors (Lipinski definition) is 6. The van der Waals surface area contributed by atoms with E-state index in [4.69, 9.17) is 4.52 Å². The van der Waals surface area contributed by atoms with Crippen LogP contribution in [0.25, 0.3) is 22.5 Å². The van der Waals surface area contributed by atoms with Gasteiger partial charge in [-0.25, -0.2) is 4.79 Å². The Balaban J connectivity index is 1.45. The van der Waals surface area contributed by atoms with Crippen LogP contribution in [0, 0.1) is 0 Å². The molecule has 26 heavy (non-hydrogen) atoms. The average molecular weight is 369 g/mol. The first kappa shape index (κ1) is 16.3. The van der Waals surface area contributed by atoms with Crippen molar-refractivity contribution in [1.82, 2.24) is 24.6 Å². The molecule has 4 aromatic rings. The van der Waals surface area contributed by atoms with E-state index in [1.807, 2.05) is 41.1 Å². The zero-order chi connectivity index (χ0) is 18.1. The summed E-state index contributed by atoms with van der Waals surface area (Å²) >= 11 is 1.54. The molecule has 0 unspecified atom stereocenters. The first-order valence-electron chi connectivity index (χ1n) is 7.89. The maximum atomic E-state index is 12.3. The summed E-state index contributed by atoms with van der Waals surface area (Å²) in [7, 11) is 1.68. The Morgan fingerprint density at radius 1 is 1.27 bits per heavy atom. The molecule has 8 nitrogen and oxygen atoms in total. The minimum Gasteiger partial charge on any atom is -0.347 e. The fourth-order valence-corrected chi connectivity index (χ4v) is 3.35. The van der Waals surface area contributed by atoms with Gasteiger partial charge >= 0.3 is 5.69 Å². The minimum absolute atomic E-state index is 0.0740. The number of amides is 1. The molecule has 1 amide bonds. The summed E-state index contributed by atoms with van der Waals surface area (Å²) in [4.78, 5) is 28.8. The lowest BCUT2D eigenvalue weighted by Gasteiger charge is -2.04. The number of rotatable bonds is 5. The average Bonchev–Trinajstić information content (AvgIpc) is 3.38. The van der Waals surface area contributed by atoms with Gasteiger partial charge in [0.05, 0.1) is 23.1 Å². The molecule has 0 atom stereocenters. The molecule has 0 aliphatic rings. The number of nitrogens with one attached hydrogen (secondary N) is 1. The van der Waals surface area contributed by atoms with E-state index in [1.54, 1.807) is 7.05 Å². The number of aromatic nitrogens is 4. The Labute approximate surface area is 151 Å². The van der Waals surface area contributed by atoms with Crippen LogP contribution in [0.5, 0.6) is 0 Å². The SMILES string of the molecule is Cn1c(=O)n(CC(=O)NCc2noc(-c3ccsc3)n2)c2ccccc21. The first-order chi connectivity index (χ1) is 12.6. The van der Waals surface area contributed by atoms with Crippen LogP contribution >= 0.6 is 11.3 Å². The Bertz CT molecular complexity index is 1120. The molecule has 1 aromatic carbocycles. The van der Waals surface area contributed by atoms with E-state index >= 15 is 0 Å². The number of carbonyl (C=O) groups is 1. The number of para-hydroxylation sites is 2. The van der Waals surface area contributed by atoms with Crippen molar-refractivity contribution in [3.8, 4) is 11.5 Å². The molecular formula is C17H15N5O3S. The van der Waals surface area contributed by atoms with Crippen LogP contribution in [0.1, 0.15) is 5.82 Å². The zero-order valence-electron chi connectivity index (χ0n) is 13.9. The number of benzene rings is 1. The maximum absolute atomic E-state index is 12.3. The van der Waals surface area contributed by atoms with E-state index in [9.17, 15) is 9.59 Å². The lowest BCUT2D eigenvalue weighted by Crippen LogP contribution is -2.32. The van der Waals surface area contributed by atoms with Crippen molar-refractivity contribution in [1.29, 1.82) is 0 Å². The highest BCUT2D eigenvalue weighted by atomic mass is 32.1. The van der Waals surface area contributed by atoms with Gasteiger partial charge in [0, 0.05) is 12.4 Å². The fraction of sp³-hybridized carbons (Fsp3) is 0.176. The summed E-state index contributed by atoms with van der Waals surface area (Å²) in [5.74, 6) is 0.496. The maximum Gasteiger partial charge on any atom is 0.329 e. The molecule has 9 heteroatoms. The second kappa shape index (κ2) is 6.60. The monoisotopic (exact) mass is 369 g/mol. The molecule has 0 fully saturated rings. The molecule has 4 rings (SSSR count). The molecule has 0 aliphatic carbocycles. The minimum atomic E-state index is -0.301. The molecule has 0 aliphatic heterocycles. The lowest BCUT2D eigenvalue weighted by atomic mass is 10.3. The lowest BCUT2D eigenvalue weighted by molar-refractivity contribution is -0.121. The van der Waals surface area contributed by atoms with E-state index in [1.165, 1.54) is 20.5 Å². The highest BCUT2D eigenvalue weighted by Crippen LogP contribution is 2.19. The number of thiophene rings is 1. The van der Waals surface area contributed by atoms with Gasteiger partial charge in [0.25, 0.3) is 5.89 Å². The standard InChI is InChI=1S/C17H15N5O3S/c1-21-12-4-2-3-5-13(12)22(17(21)24)9-15(23)18-8-14-19-16(25-20-14)11-6-7-26-10-11/h2-7,10H,8-9H2,1H3,(H,18,23). The Morgan fingerprint density at radius 3 is 2.85 bits per heavy atom. The quantitative estimate of drug-likeness (QED) is 0.578. The molecule has 0 saturated carbocycles. The molecular weight excluding hydrogens is 354 g/mol. The number of carbonyl (C=O) groups excluding carboxylic acids is 1. The Kier molecular flexibility index (Phi) is 4.13. The van der Waals surface area contributed by atoms with Gasteiger partial charge in [-0.2, -0.15) is 16.3 Å². The molecule has 0 bridgehead atoms. The molecule has 3 heterocycles. The van der Waals surface area contributed by atoms with Gasteiger partial charge < -0.3 is 9.84 Å². The van der Waals surface area contributed by atoms with Crippen LogP contribution in [0.2, 0.25) is 0 Å². The van der Waals surface area contributed by atoms with Crippen LogP contribution in [0.4, 0.5) is 0 Å². The Hall–Kier alpha value is -3.20. The van der Waals surface area contributed by atoms with Crippen molar-refractivity contribution >= 4 is 28.3 Å². The van der Waals surface area contributed by atoms with Crippen molar-refractivity contribution in [2.75, 3.05) is 0 Å². The third kappa shape index (κ3) is 2.92. The summed E-state index contributed by atoms with van der Waals surface area (Å²) < 4.78 is 8.14. The van der Waals surface area contributed by atoms with Crippen LogP contribution < -0.4 is 11.0 Å². The van der Waals surface area contributed by atoms with Gasteiger partial charge in [0.1, 0.15) is 6.54 Å². The van der Waals surface area contributed by atoms with Crippen molar-refractivity contribution in [2.45, 2.75) is 13.1 Å². The third-order valence-corrected chi connectivity index (χ3v) is 4.72. The number of aryl methyl sites for hydroxylation is 1. The van der Waals surface area contributed by atoms with Gasteiger partial charge in [0.15, 0.2) is 5.82 Å². The van der Waals surface area contributed by atoms with Crippen LogP contribution in [-0.2, 0) is 24.9 Å². The molecule has 0 spiro atoms. The third-order valence-electron chi connectivity index (χ3n) is 4.03.